The molecule has 1 aromatic carbocycles. The second-order valence-corrected chi connectivity index (χ2v) is 3.56. The van der Waals surface area contributed by atoms with Crippen molar-refractivity contribution in [1.29, 1.82) is 0 Å². The summed E-state index contributed by atoms with van der Waals surface area (Å²) in [4.78, 5) is 3.90. The molecule has 76 valence electrons. The Morgan fingerprint density at radius 2 is 2.21 bits per heavy atom. The van der Waals surface area contributed by atoms with E-state index in [0.29, 0.717) is 6.54 Å². The van der Waals surface area contributed by atoms with Crippen LogP contribution in [0, 0.1) is 0 Å². The monoisotopic (exact) mass is 257 g/mol. The summed E-state index contributed by atoms with van der Waals surface area (Å²) < 4.78 is 5.99. The van der Waals surface area contributed by atoms with E-state index in [9.17, 15) is 0 Å². The molecule has 0 radical (unpaired) electrons. The van der Waals surface area contributed by atoms with Gasteiger partial charge in [0, 0.05) is 0 Å². The first-order valence-corrected chi connectivity index (χ1v) is 4.80. The van der Waals surface area contributed by atoms with Crippen molar-refractivity contribution in [3.05, 3.63) is 28.2 Å². The normalized spacial score (nSPS) is 9.57. The number of halogens is 1. The van der Waals surface area contributed by atoms with Crippen LogP contribution in [0.1, 0.15) is 5.56 Å². The third kappa shape index (κ3) is 2.92. The third-order valence-electron chi connectivity index (χ3n) is 1.66. The number of nitrogens with zero attached hydrogens (tertiary/aromatic N) is 1. The van der Waals surface area contributed by atoms with Gasteiger partial charge >= 0.3 is 0 Å². The molecule has 0 saturated carbocycles. The van der Waals surface area contributed by atoms with Crippen LogP contribution in [-0.4, -0.2) is 13.1 Å². The molecule has 0 atom stereocenters. The molecule has 0 aliphatic carbocycles. The topological polar surface area (TPSA) is 73.6 Å². The van der Waals surface area contributed by atoms with Crippen LogP contribution >= 0.6 is 15.9 Å². The van der Waals surface area contributed by atoms with Gasteiger partial charge in [0.25, 0.3) is 0 Å². The van der Waals surface area contributed by atoms with Crippen LogP contribution in [0.15, 0.2) is 27.7 Å². The second kappa shape index (κ2) is 4.85. The zero-order valence-electron chi connectivity index (χ0n) is 7.83. The van der Waals surface area contributed by atoms with Crippen molar-refractivity contribution in [2.75, 3.05) is 7.11 Å². The molecule has 0 unspecified atom stereocenters. The van der Waals surface area contributed by atoms with Crippen molar-refractivity contribution in [3.8, 4) is 5.75 Å². The first-order chi connectivity index (χ1) is 6.63. The van der Waals surface area contributed by atoms with Gasteiger partial charge < -0.3 is 16.2 Å². The Hall–Kier alpha value is -1.23. The van der Waals surface area contributed by atoms with E-state index in [1.165, 1.54) is 0 Å². The van der Waals surface area contributed by atoms with Crippen LogP contribution in [-0.2, 0) is 6.54 Å². The van der Waals surface area contributed by atoms with Crippen LogP contribution in [0.3, 0.4) is 0 Å². The van der Waals surface area contributed by atoms with Crippen molar-refractivity contribution >= 4 is 21.9 Å². The lowest BCUT2D eigenvalue weighted by Gasteiger charge is -2.04. The lowest BCUT2D eigenvalue weighted by molar-refractivity contribution is 0.412. The Balaban J connectivity index is 2.81. The van der Waals surface area contributed by atoms with Crippen molar-refractivity contribution in [2.45, 2.75) is 6.54 Å². The molecule has 0 heterocycles. The van der Waals surface area contributed by atoms with E-state index in [1.807, 2.05) is 18.2 Å². The lowest BCUT2D eigenvalue weighted by Crippen LogP contribution is -2.22. The van der Waals surface area contributed by atoms with Crippen molar-refractivity contribution in [2.24, 2.45) is 16.5 Å². The maximum Gasteiger partial charge on any atom is 0.186 e. The Labute approximate surface area is 91.1 Å². The van der Waals surface area contributed by atoms with Crippen molar-refractivity contribution in [3.63, 3.8) is 0 Å². The first-order valence-electron chi connectivity index (χ1n) is 4.01. The summed E-state index contributed by atoms with van der Waals surface area (Å²) in [6.45, 7) is 0.477. The fourth-order valence-corrected chi connectivity index (χ4v) is 1.58. The number of nitrogens with two attached hydrogens (primary N) is 2. The SMILES string of the molecule is COc1ccc(CN=C(N)N)cc1Br. The summed E-state index contributed by atoms with van der Waals surface area (Å²) in [6, 6.07) is 5.70. The van der Waals surface area contributed by atoms with Gasteiger partial charge in [-0.05, 0) is 33.6 Å². The molecule has 0 spiro atoms. The molecule has 4 nitrogen and oxygen atoms in total. The smallest absolute Gasteiger partial charge is 0.186 e. The summed E-state index contributed by atoms with van der Waals surface area (Å²) >= 11 is 3.38. The number of hydrogen-bond donors (Lipinski definition) is 2. The zero-order chi connectivity index (χ0) is 10.6. The third-order valence-corrected chi connectivity index (χ3v) is 2.28. The molecule has 0 saturated heterocycles. The van der Waals surface area contributed by atoms with Crippen LogP contribution < -0.4 is 16.2 Å². The van der Waals surface area contributed by atoms with Gasteiger partial charge in [0.15, 0.2) is 5.96 Å². The summed E-state index contributed by atoms with van der Waals surface area (Å²) in [7, 11) is 1.62. The van der Waals surface area contributed by atoms with Crippen molar-refractivity contribution in [1.82, 2.24) is 0 Å². The van der Waals surface area contributed by atoms with Gasteiger partial charge in [0.2, 0.25) is 0 Å². The summed E-state index contributed by atoms with van der Waals surface area (Å²) in [6.07, 6.45) is 0. The van der Waals surface area contributed by atoms with E-state index < -0.39 is 0 Å². The fourth-order valence-electron chi connectivity index (χ4n) is 0.991. The largest absolute Gasteiger partial charge is 0.496 e. The molecule has 4 N–H and O–H groups in total. The second-order valence-electron chi connectivity index (χ2n) is 2.71. The molecule has 0 aliphatic rings. The maximum atomic E-state index is 5.23. The maximum absolute atomic E-state index is 5.23. The van der Waals surface area contributed by atoms with Crippen LogP contribution in [0.5, 0.6) is 5.75 Å². The minimum atomic E-state index is 0.0944. The predicted octanol–water partition coefficient (Wildman–Crippen LogP) is 1.23. The van der Waals surface area contributed by atoms with Gasteiger partial charge in [0.1, 0.15) is 5.75 Å². The molecule has 0 fully saturated rings. The van der Waals surface area contributed by atoms with Gasteiger partial charge in [0.05, 0.1) is 18.1 Å². The van der Waals surface area contributed by atoms with E-state index >= 15 is 0 Å². The van der Waals surface area contributed by atoms with Crippen molar-refractivity contribution < 1.29 is 4.74 Å². The zero-order valence-corrected chi connectivity index (χ0v) is 9.41. The predicted molar refractivity (Wildman–Crippen MR) is 60.2 cm³/mol. The molecule has 0 aromatic heterocycles. The molecule has 0 aliphatic heterocycles. The lowest BCUT2D eigenvalue weighted by atomic mass is 10.2. The number of methoxy groups -OCH3 is 1. The molecule has 14 heavy (non-hydrogen) atoms. The van der Waals surface area contributed by atoms with E-state index in [2.05, 4.69) is 20.9 Å². The summed E-state index contributed by atoms with van der Waals surface area (Å²) in [5.41, 5.74) is 11.5. The Morgan fingerprint density at radius 1 is 1.50 bits per heavy atom. The minimum Gasteiger partial charge on any atom is -0.496 e. The highest BCUT2D eigenvalue weighted by Crippen LogP contribution is 2.25. The van der Waals surface area contributed by atoms with Crippen LogP contribution in [0.25, 0.3) is 0 Å². The highest BCUT2D eigenvalue weighted by Gasteiger charge is 2.00. The van der Waals surface area contributed by atoms with E-state index in [0.717, 1.165) is 15.8 Å². The molecule has 1 aromatic rings. The quantitative estimate of drug-likeness (QED) is 0.632. The van der Waals surface area contributed by atoms with Gasteiger partial charge in [-0.25, -0.2) is 4.99 Å². The van der Waals surface area contributed by atoms with Gasteiger partial charge in [-0.1, -0.05) is 6.07 Å². The molecule has 1 rings (SSSR count). The summed E-state index contributed by atoms with van der Waals surface area (Å²) in [5.74, 6) is 0.885. The Bertz CT molecular complexity index is 348. The highest BCUT2D eigenvalue weighted by molar-refractivity contribution is 9.10. The standard InChI is InChI=1S/C9H12BrN3O/c1-14-8-3-2-6(4-7(8)10)5-13-9(11)12/h2-4H,5H2,1H3,(H4,11,12,13). The van der Waals surface area contributed by atoms with Crippen LogP contribution in [0.2, 0.25) is 0 Å². The van der Waals surface area contributed by atoms with Gasteiger partial charge in [-0.2, -0.15) is 0 Å². The number of aliphatic imine (C=N–C) groups is 1. The van der Waals surface area contributed by atoms with Gasteiger partial charge in [-0.15, -0.1) is 0 Å². The number of guanidine groups is 1. The molecular weight excluding hydrogens is 246 g/mol. The summed E-state index contributed by atoms with van der Waals surface area (Å²) in [5, 5.41) is 0. The van der Waals surface area contributed by atoms with E-state index in [4.69, 9.17) is 16.2 Å². The number of benzene rings is 1. The van der Waals surface area contributed by atoms with Crippen LogP contribution in [0.4, 0.5) is 0 Å². The Morgan fingerprint density at radius 3 is 2.71 bits per heavy atom. The number of ether oxygens (including phenoxy) is 1. The Kier molecular flexibility index (Phi) is 3.76. The van der Waals surface area contributed by atoms with Gasteiger partial charge in [-0.3, -0.25) is 0 Å². The average molecular weight is 258 g/mol. The number of hydrogen-bond acceptors (Lipinski definition) is 2. The fraction of sp³-hybridized carbons (Fsp3) is 0.222. The minimum absolute atomic E-state index is 0.0944. The average Bonchev–Trinajstić information content (AvgIpc) is 2.15. The highest BCUT2D eigenvalue weighted by atomic mass is 79.9. The first kappa shape index (κ1) is 10.8. The molecule has 5 heteroatoms. The molecular formula is C9H12BrN3O. The molecule has 0 amide bonds. The van der Waals surface area contributed by atoms with E-state index in [-0.39, 0.29) is 5.96 Å². The van der Waals surface area contributed by atoms with E-state index in [1.54, 1.807) is 7.11 Å². The number of rotatable bonds is 3. The molecule has 0 bridgehead atoms.